The Bertz CT molecular complexity index is 7260. The highest BCUT2D eigenvalue weighted by Gasteiger charge is 2.43. The normalized spacial score (nSPS) is 12.9. The van der Waals surface area contributed by atoms with Crippen LogP contribution in [0.2, 0.25) is 0 Å². The minimum atomic E-state index is -4.57. The molecule has 0 bridgehead atoms. The van der Waals surface area contributed by atoms with Gasteiger partial charge in [-0.05, 0) is 194 Å². The predicted octanol–water partition coefficient (Wildman–Crippen LogP) is 21.6. The molecule has 0 aromatic heterocycles. The summed E-state index contributed by atoms with van der Waals surface area (Å²) in [4.78, 5) is 11.0. The molecule has 134 heavy (non-hydrogen) atoms. The van der Waals surface area contributed by atoms with Crippen molar-refractivity contribution < 1.29 is 94.4 Å². The zero-order valence-electron chi connectivity index (χ0n) is 72.4. The van der Waals surface area contributed by atoms with E-state index >= 15 is 0 Å². The van der Waals surface area contributed by atoms with E-state index in [0.29, 0.717) is 52.3 Å². The van der Waals surface area contributed by atoms with E-state index in [9.17, 15) is 89.7 Å². The average molecular weight is 2040 g/mol. The molecule has 690 valence electrons. The lowest BCUT2D eigenvalue weighted by Crippen LogP contribution is -2.15. The quantitative estimate of drug-likeness (QED) is 0.0572. The first-order valence-corrected chi connectivity index (χ1v) is 59.4. The molecule has 0 spiro atoms. The summed E-state index contributed by atoms with van der Waals surface area (Å²) >= 11 is 0. The van der Waals surface area contributed by atoms with E-state index in [4.69, 9.17) is 4.74 Å². The summed E-state index contributed by atoms with van der Waals surface area (Å²) in [5.74, 6) is -3.68. The minimum Gasteiger partial charge on any atom is -0.447 e. The van der Waals surface area contributed by atoms with Gasteiger partial charge in [-0.3, -0.25) is 0 Å². The molecule has 15 aromatic carbocycles. The fourth-order valence-electron chi connectivity index (χ4n) is 14.2. The molecule has 0 saturated carbocycles. The van der Waals surface area contributed by atoms with Gasteiger partial charge in [0.15, 0.2) is 144 Å². The smallest absolute Gasteiger partial charge is 0.416 e. The number of hydrogen-bond acceptors (Lipinski definition) is 15. The Morgan fingerprint density at radius 2 is 0.537 bits per heavy atom. The van der Waals surface area contributed by atoms with Crippen molar-refractivity contribution in [1.29, 1.82) is 0 Å². The number of rotatable bonds is 18. The largest absolute Gasteiger partial charge is 0.447 e. The van der Waals surface area contributed by atoms with Gasteiger partial charge >= 0.3 is 6.18 Å². The third kappa shape index (κ3) is 24.4. The number of sulfone groups is 7. The van der Waals surface area contributed by atoms with Crippen molar-refractivity contribution in [3.8, 4) is 11.5 Å². The Labute approximate surface area is 790 Å². The predicted molar refractivity (Wildman–Crippen MR) is 512 cm³/mol. The molecule has 0 aliphatic carbocycles. The average Bonchev–Trinajstić information content (AvgIpc) is 0.762. The molecular formula is C100H84F7O15S12+5. The fraction of sp³-hybridized carbons (Fsp3) is 0.100. The molecule has 2 aliphatic rings. The summed E-state index contributed by atoms with van der Waals surface area (Å²) in [5.41, 5.74) is 2.26. The number of benzene rings is 15. The van der Waals surface area contributed by atoms with Crippen LogP contribution >= 0.6 is 0 Å². The van der Waals surface area contributed by atoms with Crippen molar-refractivity contribution in [3.05, 3.63) is 397 Å². The van der Waals surface area contributed by atoms with Gasteiger partial charge in [0.25, 0.3) is 0 Å². The lowest BCUT2D eigenvalue weighted by atomic mass is 10.0. The number of ether oxygens (including phenoxy) is 1. The van der Waals surface area contributed by atoms with E-state index in [0.717, 1.165) is 91.3 Å². The van der Waals surface area contributed by atoms with E-state index < -0.39 is 135 Å². The van der Waals surface area contributed by atoms with Crippen LogP contribution in [-0.2, 0) is 136 Å². The molecule has 15 aromatic rings. The summed E-state index contributed by atoms with van der Waals surface area (Å²) in [6.07, 6.45) is 3.48. The van der Waals surface area contributed by atoms with Crippen LogP contribution < -0.4 is 4.74 Å². The fourth-order valence-corrected chi connectivity index (χ4v) is 30.4. The van der Waals surface area contributed by atoms with Gasteiger partial charge in [-0.1, -0.05) is 127 Å². The van der Waals surface area contributed by atoms with Gasteiger partial charge in [-0.15, -0.1) is 0 Å². The number of aryl methyl sites for hydroxylation is 1. The van der Waals surface area contributed by atoms with Crippen molar-refractivity contribution >= 4 is 123 Å². The zero-order chi connectivity index (χ0) is 96.8. The molecule has 0 N–H and O–H groups in total. The molecule has 17 rings (SSSR count). The second-order valence-electron chi connectivity index (χ2n) is 30.6. The van der Waals surface area contributed by atoms with E-state index in [-0.39, 0.29) is 52.3 Å². The Hall–Kier alpha value is -11.0. The minimum absolute atomic E-state index is 0.0236. The van der Waals surface area contributed by atoms with Crippen LogP contribution in [0.5, 0.6) is 11.5 Å². The maximum atomic E-state index is 14.5. The maximum Gasteiger partial charge on any atom is 0.416 e. The van der Waals surface area contributed by atoms with Gasteiger partial charge < -0.3 is 4.74 Å². The van der Waals surface area contributed by atoms with Gasteiger partial charge in [-0.2, -0.15) is 13.2 Å². The summed E-state index contributed by atoms with van der Waals surface area (Å²) in [6, 6.07) is 102. The Balaban J connectivity index is 0.000000143. The van der Waals surface area contributed by atoms with Crippen LogP contribution in [0.25, 0.3) is 0 Å². The summed E-state index contributed by atoms with van der Waals surface area (Å²) in [7, 11) is -28.5. The number of fused-ring (bicyclic) bond motifs is 4. The Morgan fingerprint density at radius 3 is 0.873 bits per heavy atom. The second-order valence-corrected chi connectivity index (χ2v) is 54.6. The van der Waals surface area contributed by atoms with Gasteiger partial charge in [0.05, 0.1) is 73.6 Å². The molecular weight excluding hydrogens is 1960 g/mol. The van der Waals surface area contributed by atoms with Crippen molar-refractivity contribution in [2.24, 2.45) is 0 Å². The van der Waals surface area contributed by atoms with E-state index in [1.807, 2.05) is 109 Å². The Kier molecular flexibility index (Phi) is 31.0. The third-order valence-electron chi connectivity index (χ3n) is 20.2. The standard InChI is InChI=1S/C22H20F3O4S3.C20H15F4O4S3.C20H17O2S2.C19H15O3S2.C19H17O2S2/c1-15-10-16(22(23,24)25)12-19(11-15)30(17-6-4-8-20(13-17)31(2,26)27)18-7-5-9-21(14-18)32(3,28)29;1-30(25,26)19-15(21)8-13(9-16(19)22)29(12-6-4-3-5-7-12)14-10-17(23)20(18(24)11-14)31(2,27)28;1-24(21,22)18-12-10-17(11-13-18)23-19-8-4-2-6-15(19)14-16-7-3-5-9-20(16)23;1-24(20,21)15-12-10-14(11-13-15)23-18-8-4-2-6-16(18)22-17-7-3-5-9-19(17)23;1-23(20,21)19-14-12-18(13-15-19)22(16-8-4-2-5-9-16)17-10-6-3-7-11-17/h4-14H,1-3H3;3-11H,1-2H3;2-13H,14H2,1H3;2-13H,1H3;2-15H,1H3/q5*+1. The van der Waals surface area contributed by atoms with Crippen LogP contribution in [0, 0.1) is 30.2 Å². The zero-order valence-corrected chi connectivity index (χ0v) is 82.2. The third-order valence-corrected chi connectivity index (χ3v) is 39.4. The van der Waals surface area contributed by atoms with Gasteiger partial charge in [0.1, 0.15) is 44.0 Å². The molecule has 34 heteroatoms. The second kappa shape index (κ2) is 41.3. The first-order valence-electron chi connectivity index (χ1n) is 40.1. The van der Waals surface area contributed by atoms with Crippen molar-refractivity contribution in [2.75, 3.05) is 43.8 Å². The van der Waals surface area contributed by atoms with Crippen LogP contribution in [0.3, 0.4) is 0 Å². The molecule has 0 radical (unpaired) electrons. The van der Waals surface area contributed by atoms with Crippen LogP contribution in [-0.4, -0.2) is 103 Å². The van der Waals surface area contributed by atoms with Crippen LogP contribution in [0.15, 0.2) is 460 Å². The molecule has 0 amide bonds. The first-order chi connectivity index (χ1) is 63.1. The van der Waals surface area contributed by atoms with Gasteiger partial charge in [-0.25, -0.2) is 76.5 Å². The molecule has 15 nitrogen and oxygen atoms in total. The highest BCUT2D eigenvalue weighted by Crippen LogP contribution is 2.48. The van der Waals surface area contributed by atoms with Gasteiger partial charge in [0, 0.05) is 104 Å². The molecule has 2 heterocycles. The van der Waals surface area contributed by atoms with E-state index in [2.05, 4.69) is 84.9 Å². The lowest BCUT2D eigenvalue weighted by Gasteiger charge is -2.19. The first kappa shape index (κ1) is 100. The molecule has 0 fully saturated rings. The topological polar surface area (TPSA) is 248 Å². The number of alkyl halides is 3. The highest BCUT2D eigenvalue weighted by molar-refractivity contribution is 7.99. The van der Waals surface area contributed by atoms with E-state index in [1.165, 1.54) is 85.9 Å². The molecule has 0 unspecified atom stereocenters. The summed E-state index contributed by atoms with van der Waals surface area (Å²) in [6.45, 7) is 1.54. The van der Waals surface area contributed by atoms with Crippen molar-refractivity contribution in [3.63, 3.8) is 0 Å². The van der Waals surface area contributed by atoms with Crippen molar-refractivity contribution in [2.45, 2.75) is 127 Å². The van der Waals surface area contributed by atoms with E-state index in [1.54, 1.807) is 91.9 Å². The summed E-state index contributed by atoms with van der Waals surface area (Å²) in [5, 5.41) is 0. The van der Waals surface area contributed by atoms with Gasteiger partial charge in [0.2, 0.25) is 9.79 Å². The number of hydrogen-bond donors (Lipinski definition) is 0. The molecule has 0 atom stereocenters. The number of para-hydroxylation sites is 2. The van der Waals surface area contributed by atoms with Crippen LogP contribution in [0.4, 0.5) is 30.7 Å². The SMILES string of the molecule is CS(=O)(=O)c1c(F)cc([S+](c2ccccc2)c2cc(F)c(S(C)(=O)=O)c(F)c2)cc1F.CS(=O)(=O)c1ccc([S+](c2ccccc2)c2ccccc2)cc1.CS(=O)(=O)c1ccc([S+]2c3ccccc3Cc3ccccc32)cc1.CS(=O)(=O)c1ccc([S+]2c3ccccc3Oc3ccccc32)cc1.Cc1cc([S+](c2cccc(S(C)(=O)=O)c2)c2cccc(S(C)(=O)=O)c2)cc(C(F)(F)F)c1. The summed E-state index contributed by atoms with van der Waals surface area (Å²) < 4.78 is 270. The molecule has 0 saturated heterocycles. The highest BCUT2D eigenvalue weighted by atomic mass is 32.2. The Morgan fingerprint density at radius 1 is 0.261 bits per heavy atom. The van der Waals surface area contributed by atoms with Crippen molar-refractivity contribution in [1.82, 2.24) is 0 Å². The molecule has 2 aliphatic heterocycles. The lowest BCUT2D eigenvalue weighted by molar-refractivity contribution is -0.137. The number of halogens is 7. The van der Waals surface area contributed by atoms with Crippen LogP contribution in [0.1, 0.15) is 22.3 Å². The maximum absolute atomic E-state index is 14.5. The monoisotopic (exact) mass is 2040 g/mol.